The molecule has 0 bridgehead atoms. The minimum atomic E-state index is 0.0865. The quantitative estimate of drug-likeness (QED) is 0.265. The van der Waals surface area contributed by atoms with Gasteiger partial charge in [-0.15, -0.1) is 0 Å². The highest BCUT2D eigenvalue weighted by Gasteiger charge is 2.16. The van der Waals surface area contributed by atoms with Crippen molar-refractivity contribution in [2.45, 2.75) is 65.9 Å². The molecule has 2 aromatic heterocycles. The van der Waals surface area contributed by atoms with Crippen LogP contribution in [0.4, 0.5) is 0 Å². The number of rotatable bonds is 5. The summed E-state index contributed by atoms with van der Waals surface area (Å²) in [6.45, 7) is 15.6. The van der Waals surface area contributed by atoms with E-state index in [1.807, 2.05) is 48.5 Å². The Kier molecular flexibility index (Phi) is 9.34. The van der Waals surface area contributed by atoms with Crippen molar-refractivity contribution >= 4 is 11.6 Å². The summed E-state index contributed by atoms with van der Waals surface area (Å²) in [5, 5.41) is 0.642. The van der Waals surface area contributed by atoms with E-state index in [1.54, 1.807) is 18.6 Å². The number of aromatic nitrogens is 2. The van der Waals surface area contributed by atoms with E-state index >= 15 is 0 Å². The summed E-state index contributed by atoms with van der Waals surface area (Å²) >= 11 is 6.26. The van der Waals surface area contributed by atoms with Crippen molar-refractivity contribution in [1.29, 1.82) is 0 Å². The number of benzene rings is 2. The van der Waals surface area contributed by atoms with Crippen molar-refractivity contribution in [1.82, 2.24) is 9.97 Å². The molecule has 0 amide bonds. The first-order chi connectivity index (χ1) is 17.4. The van der Waals surface area contributed by atoms with Crippen LogP contribution in [0.25, 0.3) is 0 Å². The molecule has 37 heavy (non-hydrogen) atoms. The number of halogens is 1. The first-order valence-electron chi connectivity index (χ1n) is 12.5. The Morgan fingerprint density at radius 3 is 1.97 bits per heavy atom. The number of hydrogen-bond donors (Lipinski definition) is 0. The van der Waals surface area contributed by atoms with Crippen molar-refractivity contribution in [2.24, 2.45) is 0 Å². The Bertz CT molecular complexity index is 1280. The summed E-state index contributed by atoms with van der Waals surface area (Å²) in [6.07, 6.45) is 5.21. The predicted molar refractivity (Wildman–Crippen MR) is 153 cm³/mol. The monoisotopic (exact) mass is 516 g/mol. The fourth-order valence-corrected chi connectivity index (χ4v) is 3.72. The molecular formula is C32H37ClN2O2. The van der Waals surface area contributed by atoms with Gasteiger partial charge >= 0.3 is 0 Å². The van der Waals surface area contributed by atoms with Crippen molar-refractivity contribution < 1.29 is 9.47 Å². The van der Waals surface area contributed by atoms with Crippen LogP contribution in [0.15, 0.2) is 85.3 Å². The third-order valence-electron chi connectivity index (χ3n) is 5.80. The molecule has 2 aromatic carbocycles. The zero-order valence-corrected chi connectivity index (χ0v) is 23.6. The molecule has 4 aromatic rings. The van der Waals surface area contributed by atoms with Crippen molar-refractivity contribution in [2.75, 3.05) is 0 Å². The molecule has 0 radical (unpaired) electrons. The second-order valence-electron chi connectivity index (χ2n) is 11.0. The number of aryl methyl sites for hydroxylation is 1. The summed E-state index contributed by atoms with van der Waals surface area (Å²) in [5.41, 5.74) is 4.80. The molecule has 5 heteroatoms. The van der Waals surface area contributed by atoms with Gasteiger partial charge in [0, 0.05) is 12.4 Å². The Morgan fingerprint density at radius 2 is 1.43 bits per heavy atom. The van der Waals surface area contributed by atoms with Crippen LogP contribution < -0.4 is 9.47 Å². The molecule has 0 fully saturated rings. The van der Waals surface area contributed by atoms with Gasteiger partial charge in [-0.2, -0.15) is 0 Å². The van der Waals surface area contributed by atoms with Crippen LogP contribution in [0, 0.1) is 6.92 Å². The standard InChI is InChI=1S/C16H18ClNO.C16H19NO/c1-16(2,3)12-7-8-15(14(17)10-12)19-11-13-6-4-5-9-18-13;1-12-10-13(16(2,3)4)7-8-15(12)18-14-6-5-9-17-11-14/h4-10H,11H2,1-3H3;5-11H,1-4H3. The molecule has 0 aliphatic heterocycles. The third kappa shape index (κ3) is 8.61. The van der Waals surface area contributed by atoms with Gasteiger partial charge in [-0.3, -0.25) is 9.97 Å². The zero-order valence-electron chi connectivity index (χ0n) is 22.9. The maximum absolute atomic E-state index is 6.26. The minimum Gasteiger partial charge on any atom is -0.486 e. The lowest BCUT2D eigenvalue weighted by atomic mass is 9.86. The van der Waals surface area contributed by atoms with Gasteiger partial charge in [-0.05, 0) is 76.9 Å². The van der Waals surface area contributed by atoms with Crippen molar-refractivity contribution in [3.8, 4) is 17.2 Å². The van der Waals surface area contributed by atoms with Gasteiger partial charge in [-0.25, -0.2) is 0 Å². The van der Waals surface area contributed by atoms with E-state index in [0.29, 0.717) is 17.4 Å². The largest absolute Gasteiger partial charge is 0.486 e. The van der Waals surface area contributed by atoms with Crippen molar-refractivity contribution in [3.63, 3.8) is 0 Å². The van der Waals surface area contributed by atoms with Crippen molar-refractivity contribution in [3.05, 3.63) is 113 Å². The van der Waals surface area contributed by atoms with Gasteiger partial charge < -0.3 is 9.47 Å². The van der Waals surface area contributed by atoms with Crippen LogP contribution in [0.3, 0.4) is 0 Å². The fourth-order valence-electron chi connectivity index (χ4n) is 3.48. The van der Waals surface area contributed by atoms with E-state index in [4.69, 9.17) is 21.1 Å². The lowest BCUT2D eigenvalue weighted by Crippen LogP contribution is -2.11. The highest BCUT2D eigenvalue weighted by atomic mass is 35.5. The highest BCUT2D eigenvalue weighted by molar-refractivity contribution is 6.32. The SMILES string of the molecule is CC(C)(C)c1ccc(OCc2ccccn2)c(Cl)c1.Cc1cc(C(C)(C)C)ccc1Oc1cccnc1. The summed E-state index contributed by atoms with van der Waals surface area (Å²) in [5.74, 6) is 2.35. The molecule has 0 atom stereocenters. The maximum atomic E-state index is 6.26. The number of nitrogens with zero attached hydrogens (tertiary/aromatic N) is 2. The average Bonchev–Trinajstić information content (AvgIpc) is 2.85. The number of pyridine rings is 2. The average molecular weight is 517 g/mol. The summed E-state index contributed by atoms with van der Waals surface area (Å²) in [4.78, 5) is 8.25. The van der Waals surface area contributed by atoms with E-state index in [2.05, 4.69) is 76.6 Å². The van der Waals surface area contributed by atoms with E-state index < -0.39 is 0 Å². The van der Waals surface area contributed by atoms with Gasteiger partial charge in [-0.1, -0.05) is 77.4 Å². The molecule has 2 heterocycles. The molecular weight excluding hydrogens is 480 g/mol. The molecule has 0 spiro atoms. The molecule has 4 nitrogen and oxygen atoms in total. The van der Waals surface area contributed by atoms with Gasteiger partial charge in [0.15, 0.2) is 0 Å². The molecule has 0 saturated heterocycles. The van der Waals surface area contributed by atoms with Gasteiger partial charge in [0.05, 0.1) is 16.9 Å². The molecule has 194 valence electrons. The summed E-state index contributed by atoms with van der Waals surface area (Å²) in [7, 11) is 0. The number of ether oxygens (including phenoxy) is 2. The molecule has 0 aliphatic rings. The zero-order chi connectivity index (χ0) is 27.1. The Morgan fingerprint density at radius 1 is 0.757 bits per heavy atom. The van der Waals surface area contributed by atoms with Crippen LogP contribution in [0.2, 0.25) is 5.02 Å². The predicted octanol–water partition coefficient (Wildman–Crippen LogP) is 9.09. The first-order valence-corrected chi connectivity index (χ1v) is 12.8. The van der Waals surface area contributed by atoms with E-state index in [0.717, 1.165) is 22.8 Å². The molecule has 0 N–H and O–H groups in total. The van der Waals surface area contributed by atoms with E-state index in [1.165, 1.54) is 11.1 Å². The van der Waals surface area contributed by atoms with Crippen LogP contribution in [-0.4, -0.2) is 9.97 Å². The normalized spacial score (nSPS) is 11.4. The fraction of sp³-hybridized carbons (Fsp3) is 0.312. The van der Waals surface area contributed by atoms with Crippen LogP contribution >= 0.6 is 11.6 Å². The van der Waals surface area contributed by atoms with E-state index in [-0.39, 0.29) is 10.8 Å². The third-order valence-corrected chi connectivity index (χ3v) is 6.10. The van der Waals surface area contributed by atoms with Crippen LogP contribution in [-0.2, 0) is 17.4 Å². The first kappa shape index (κ1) is 28.2. The molecule has 0 unspecified atom stereocenters. The summed E-state index contributed by atoms with van der Waals surface area (Å²) < 4.78 is 11.5. The molecule has 0 saturated carbocycles. The Balaban J connectivity index is 0.000000206. The van der Waals surface area contributed by atoms with Crippen LogP contribution in [0.1, 0.15) is 63.9 Å². The van der Waals surface area contributed by atoms with Gasteiger partial charge in [0.25, 0.3) is 0 Å². The highest BCUT2D eigenvalue weighted by Crippen LogP contribution is 2.32. The Labute approximate surface area is 226 Å². The summed E-state index contributed by atoms with van der Waals surface area (Å²) in [6, 6.07) is 21.8. The lowest BCUT2D eigenvalue weighted by Gasteiger charge is -2.20. The second-order valence-corrected chi connectivity index (χ2v) is 11.4. The second kappa shape index (κ2) is 12.2. The van der Waals surface area contributed by atoms with Crippen LogP contribution in [0.5, 0.6) is 17.2 Å². The van der Waals surface area contributed by atoms with E-state index in [9.17, 15) is 0 Å². The number of hydrogen-bond acceptors (Lipinski definition) is 4. The smallest absolute Gasteiger partial charge is 0.145 e. The molecule has 4 rings (SSSR count). The topological polar surface area (TPSA) is 44.2 Å². The van der Waals surface area contributed by atoms with Gasteiger partial charge in [0.2, 0.25) is 0 Å². The molecule has 0 aliphatic carbocycles. The Hall–Kier alpha value is -3.37. The van der Waals surface area contributed by atoms with Gasteiger partial charge in [0.1, 0.15) is 23.9 Å². The lowest BCUT2D eigenvalue weighted by molar-refractivity contribution is 0.301. The maximum Gasteiger partial charge on any atom is 0.145 e. The minimum absolute atomic E-state index is 0.0865.